The Morgan fingerprint density at radius 1 is 0.383 bits per heavy atom. The summed E-state index contributed by atoms with van der Waals surface area (Å²) in [5.41, 5.74) is 1.53. The molecule has 0 N–H and O–H groups in total. The molecule has 1 aromatic carbocycles. The van der Waals surface area contributed by atoms with Crippen molar-refractivity contribution in [2.24, 2.45) is 0 Å². The highest BCUT2D eigenvalue weighted by Gasteiger charge is 2.29. The van der Waals surface area contributed by atoms with Gasteiger partial charge in [-0.1, -0.05) is 224 Å². The largest absolute Gasteiger partial charge is 1.00 e. The minimum atomic E-state index is 0. The average Bonchev–Trinajstić information content (AvgIpc) is 3.08. The van der Waals surface area contributed by atoms with Gasteiger partial charge in [0, 0.05) is 5.56 Å². The van der Waals surface area contributed by atoms with Gasteiger partial charge in [0.2, 0.25) is 0 Å². The number of benzene rings is 1. The van der Waals surface area contributed by atoms with E-state index < -0.39 is 0 Å². The standard InChI is InChI=1S/C45H86N.ClH/c1-5-7-9-11-13-15-17-19-21-23-25-27-29-31-33-38-42-46(4,44(3)45-40-36-35-37-41-45)43-39-34-32-30-28-26-24-22-20-18-16-14-12-10-8-6-2;/h35-37,40-41,44H,5-34,38-39,42-43H2,1-4H3;1H/q+1;/p-1. The van der Waals surface area contributed by atoms with Crippen molar-refractivity contribution in [1.82, 2.24) is 0 Å². The van der Waals surface area contributed by atoms with Crippen LogP contribution < -0.4 is 12.4 Å². The van der Waals surface area contributed by atoms with Gasteiger partial charge in [-0.15, -0.1) is 0 Å². The van der Waals surface area contributed by atoms with Crippen molar-refractivity contribution in [2.75, 3.05) is 20.1 Å². The van der Waals surface area contributed by atoms with E-state index in [9.17, 15) is 0 Å². The molecule has 0 saturated heterocycles. The SMILES string of the molecule is CCCCCCCCCCCCCCCCCC[N+](C)(CCCCCCCCCCCCCCCCCC)C(C)c1ccccc1.[Cl-]. The summed E-state index contributed by atoms with van der Waals surface area (Å²) in [4.78, 5) is 0. The first-order valence-electron chi connectivity index (χ1n) is 21.5. The van der Waals surface area contributed by atoms with E-state index in [4.69, 9.17) is 0 Å². The van der Waals surface area contributed by atoms with Crippen LogP contribution in [0.3, 0.4) is 0 Å². The lowest BCUT2D eigenvalue weighted by atomic mass is 10.0. The number of nitrogens with zero attached hydrogens (tertiary/aromatic N) is 1. The molecule has 0 aromatic heterocycles. The van der Waals surface area contributed by atoms with Crippen LogP contribution in [0.4, 0.5) is 0 Å². The first kappa shape index (κ1) is 46.5. The molecule has 278 valence electrons. The highest BCUT2D eigenvalue weighted by atomic mass is 35.5. The van der Waals surface area contributed by atoms with Crippen molar-refractivity contribution in [1.29, 1.82) is 0 Å². The Labute approximate surface area is 304 Å². The van der Waals surface area contributed by atoms with E-state index in [0.29, 0.717) is 6.04 Å². The zero-order valence-corrected chi connectivity index (χ0v) is 33.6. The lowest BCUT2D eigenvalue weighted by Crippen LogP contribution is -3.00. The molecule has 1 aromatic rings. The molecule has 0 aliphatic rings. The van der Waals surface area contributed by atoms with Crippen molar-refractivity contribution in [3.8, 4) is 0 Å². The number of unbranched alkanes of at least 4 members (excludes halogenated alkanes) is 30. The third-order valence-corrected chi connectivity index (χ3v) is 11.3. The topological polar surface area (TPSA) is 0 Å². The molecule has 0 heterocycles. The van der Waals surface area contributed by atoms with E-state index in [-0.39, 0.29) is 12.4 Å². The molecule has 47 heavy (non-hydrogen) atoms. The van der Waals surface area contributed by atoms with Gasteiger partial charge in [0.1, 0.15) is 6.04 Å². The average molecular weight is 677 g/mol. The van der Waals surface area contributed by atoms with Crippen molar-refractivity contribution in [2.45, 2.75) is 232 Å². The van der Waals surface area contributed by atoms with E-state index in [0.717, 1.165) is 0 Å². The second-order valence-electron chi connectivity index (χ2n) is 15.6. The summed E-state index contributed by atoms with van der Waals surface area (Å²) in [6, 6.07) is 12.0. The van der Waals surface area contributed by atoms with E-state index in [1.54, 1.807) is 0 Å². The number of quaternary nitrogens is 1. The summed E-state index contributed by atoms with van der Waals surface area (Å²) in [5, 5.41) is 0. The van der Waals surface area contributed by atoms with Gasteiger partial charge in [-0.3, -0.25) is 0 Å². The van der Waals surface area contributed by atoms with Gasteiger partial charge in [-0.05, 0) is 32.6 Å². The maximum Gasteiger partial charge on any atom is 0.112 e. The molecule has 0 amide bonds. The van der Waals surface area contributed by atoms with Gasteiger partial charge < -0.3 is 16.9 Å². The molecule has 1 nitrogen and oxygen atoms in total. The van der Waals surface area contributed by atoms with Gasteiger partial charge in [0.25, 0.3) is 0 Å². The fraction of sp³-hybridized carbons (Fsp3) is 0.867. The molecule has 1 unspecified atom stereocenters. The summed E-state index contributed by atoms with van der Waals surface area (Å²) >= 11 is 0. The van der Waals surface area contributed by atoms with Crippen LogP contribution in [0, 0.1) is 0 Å². The van der Waals surface area contributed by atoms with Crippen LogP contribution in [0.25, 0.3) is 0 Å². The second-order valence-corrected chi connectivity index (χ2v) is 15.6. The van der Waals surface area contributed by atoms with Crippen molar-refractivity contribution < 1.29 is 16.9 Å². The highest BCUT2D eigenvalue weighted by molar-refractivity contribution is 5.16. The van der Waals surface area contributed by atoms with E-state index in [1.165, 1.54) is 229 Å². The smallest absolute Gasteiger partial charge is 0.112 e. The second kappa shape index (κ2) is 35.3. The zero-order valence-electron chi connectivity index (χ0n) is 32.8. The van der Waals surface area contributed by atoms with Gasteiger partial charge >= 0.3 is 0 Å². The van der Waals surface area contributed by atoms with Crippen LogP contribution in [0.1, 0.15) is 238 Å². The van der Waals surface area contributed by atoms with Crippen LogP contribution in [0.5, 0.6) is 0 Å². The quantitative estimate of drug-likeness (QED) is 0.0490. The first-order chi connectivity index (χ1) is 22.6. The Kier molecular flexibility index (Phi) is 34.9. The predicted octanol–water partition coefficient (Wildman–Crippen LogP) is 12.7. The number of hydrogen-bond donors (Lipinski definition) is 0. The molecule has 1 rings (SSSR count). The predicted molar refractivity (Wildman–Crippen MR) is 210 cm³/mol. The molecule has 0 spiro atoms. The Morgan fingerprint density at radius 3 is 0.872 bits per heavy atom. The normalized spacial score (nSPS) is 12.3. The maximum absolute atomic E-state index is 2.56. The summed E-state index contributed by atoms with van der Waals surface area (Å²) in [6.45, 7) is 9.80. The lowest BCUT2D eigenvalue weighted by Gasteiger charge is -2.41. The lowest BCUT2D eigenvalue weighted by molar-refractivity contribution is -0.938. The minimum absolute atomic E-state index is 0. The van der Waals surface area contributed by atoms with Crippen LogP contribution in [-0.2, 0) is 0 Å². The van der Waals surface area contributed by atoms with Crippen LogP contribution >= 0.6 is 0 Å². The first-order valence-corrected chi connectivity index (χ1v) is 21.5. The monoisotopic (exact) mass is 676 g/mol. The Bertz CT molecular complexity index is 682. The van der Waals surface area contributed by atoms with Gasteiger partial charge in [0.15, 0.2) is 0 Å². The van der Waals surface area contributed by atoms with Crippen LogP contribution in [0.15, 0.2) is 30.3 Å². The van der Waals surface area contributed by atoms with Crippen molar-refractivity contribution in [3.63, 3.8) is 0 Å². The highest BCUT2D eigenvalue weighted by Crippen LogP contribution is 2.29. The number of halogens is 1. The van der Waals surface area contributed by atoms with Crippen LogP contribution in [0.2, 0.25) is 0 Å². The summed E-state index contributed by atoms with van der Waals surface area (Å²) in [7, 11) is 2.56. The zero-order chi connectivity index (χ0) is 33.2. The summed E-state index contributed by atoms with van der Waals surface area (Å²) in [5.74, 6) is 0. The Hall–Kier alpha value is -0.530. The molecule has 0 fully saturated rings. The number of hydrogen-bond acceptors (Lipinski definition) is 0. The van der Waals surface area contributed by atoms with E-state index in [2.05, 4.69) is 58.2 Å². The molecule has 0 radical (unpaired) electrons. The molecule has 1 atom stereocenters. The summed E-state index contributed by atoms with van der Waals surface area (Å²) in [6.07, 6.45) is 46.4. The van der Waals surface area contributed by atoms with Crippen molar-refractivity contribution >= 4 is 0 Å². The van der Waals surface area contributed by atoms with Crippen LogP contribution in [-0.4, -0.2) is 24.6 Å². The fourth-order valence-electron chi connectivity index (χ4n) is 7.63. The number of rotatable bonds is 36. The van der Waals surface area contributed by atoms with E-state index in [1.807, 2.05) is 0 Å². The minimum Gasteiger partial charge on any atom is -1.00 e. The van der Waals surface area contributed by atoms with Gasteiger partial charge in [0.05, 0.1) is 20.1 Å². The molecule has 0 aliphatic heterocycles. The summed E-state index contributed by atoms with van der Waals surface area (Å²) < 4.78 is 1.22. The third kappa shape index (κ3) is 27.9. The molecule has 0 aliphatic carbocycles. The molecule has 2 heteroatoms. The third-order valence-electron chi connectivity index (χ3n) is 11.3. The van der Waals surface area contributed by atoms with Gasteiger partial charge in [-0.2, -0.15) is 0 Å². The Balaban J connectivity index is 0.0000212. The Morgan fingerprint density at radius 2 is 0.617 bits per heavy atom. The van der Waals surface area contributed by atoms with Gasteiger partial charge in [-0.25, -0.2) is 0 Å². The van der Waals surface area contributed by atoms with E-state index >= 15 is 0 Å². The molecular weight excluding hydrogens is 590 g/mol. The molecular formula is C45H86ClN. The molecule has 0 bridgehead atoms. The fourth-order valence-corrected chi connectivity index (χ4v) is 7.63. The maximum atomic E-state index is 2.56. The molecule has 0 saturated carbocycles. The van der Waals surface area contributed by atoms with Crippen molar-refractivity contribution in [3.05, 3.63) is 35.9 Å².